The highest BCUT2D eigenvalue weighted by atomic mass is 32.2. The van der Waals surface area contributed by atoms with E-state index in [1.54, 1.807) is 37.3 Å². The van der Waals surface area contributed by atoms with Gasteiger partial charge < -0.3 is 10.1 Å². The lowest BCUT2D eigenvalue weighted by Gasteiger charge is -2.16. The highest BCUT2D eigenvalue weighted by molar-refractivity contribution is 7.89. The summed E-state index contributed by atoms with van der Waals surface area (Å²) in [6, 6.07) is 11.5. The van der Waals surface area contributed by atoms with Gasteiger partial charge in [-0.25, -0.2) is 17.5 Å². The van der Waals surface area contributed by atoms with Crippen LogP contribution in [0, 0.1) is 6.92 Å². The van der Waals surface area contributed by atoms with Gasteiger partial charge in [0.25, 0.3) is 5.91 Å². The first kappa shape index (κ1) is 21.5. The number of aryl methyl sites for hydroxylation is 1. The standard InChI is InChI=1S/C20H22N4O5S/c1-12-9-10-14(30(27,28)24(3)4)11-17(12)21-19(25)13(2)29-20(26)18-15-7-5-6-8-16(15)22-23-18/h5-11,13H,1-4H3,(H,21,25)(H,22,23)/t13-/m0/s1. The molecule has 0 spiro atoms. The van der Waals surface area contributed by atoms with E-state index in [0.29, 0.717) is 22.2 Å². The zero-order valence-electron chi connectivity index (χ0n) is 17.0. The number of aromatic nitrogens is 2. The first-order valence-electron chi connectivity index (χ1n) is 9.09. The van der Waals surface area contributed by atoms with Gasteiger partial charge in [0, 0.05) is 25.2 Å². The number of fused-ring (bicyclic) bond motifs is 1. The van der Waals surface area contributed by atoms with E-state index < -0.39 is 28.0 Å². The molecule has 158 valence electrons. The van der Waals surface area contributed by atoms with E-state index in [4.69, 9.17) is 4.74 Å². The molecule has 0 bridgehead atoms. The average Bonchev–Trinajstić information content (AvgIpc) is 3.13. The lowest BCUT2D eigenvalue weighted by Crippen LogP contribution is -2.30. The van der Waals surface area contributed by atoms with Crippen molar-refractivity contribution >= 4 is 38.5 Å². The number of hydrogen-bond donors (Lipinski definition) is 2. The Morgan fingerprint density at radius 3 is 2.57 bits per heavy atom. The van der Waals surface area contributed by atoms with Crippen molar-refractivity contribution in [2.24, 2.45) is 0 Å². The summed E-state index contributed by atoms with van der Waals surface area (Å²) in [4.78, 5) is 25.0. The van der Waals surface area contributed by atoms with E-state index in [1.807, 2.05) is 0 Å². The van der Waals surface area contributed by atoms with Crippen LogP contribution in [0.5, 0.6) is 0 Å². The topological polar surface area (TPSA) is 121 Å². The van der Waals surface area contributed by atoms with Gasteiger partial charge in [0.1, 0.15) is 0 Å². The SMILES string of the molecule is Cc1ccc(S(=O)(=O)N(C)C)cc1NC(=O)[C@H](C)OC(=O)c1n[nH]c2ccccc12. The number of amides is 1. The van der Waals surface area contributed by atoms with Crippen LogP contribution in [0.2, 0.25) is 0 Å². The molecule has 10 heteroatoms. The molecule has 1 heterocycles. The first-order chi connectivity index (χ1) is 14.1. The Kier molecular flexibility index (Phi) is 5.90. The maximum atomic E-state index is 12.6. The molecule has 0 aliphatic carbocycles. The Bertz CT molecular complexity index is 1220. The number of benzene rings is 2. The zero-order chi connectivity index (χ0) is 22.1. The van der Waals surface area contributed by atoms with E-state index in [0.717, 1.165) is 4.31 Å². The third-order valence-electron chi connectivity index (χ3n) is 4.56. The number of anilines is 1. The van der Waals surface area contributed by atoms with E-state index in [2.05, 4.69) is 15.5 Å². The molecule has 3 aromatic rings. The summed E-state index contributed by atoms with van der Waals surface area (Å²) in [7, 11) is -0.808. The summed E-state index contributed by atoms with van der Waals surface area (Å²) in [5, 5.41) is 9.91. The summed E-state index contributed by atoms with van der Waals surface area (Å²) in [5.41, 5.74) is 1.74. The number of carbonyl (C=O) groups is 2. The normalized spacial score (nSPS) is 12.7. The number of aromatic amines is 1. The number of H-pyrrole nitrogens is 1. The number of rotatable bonds is 6. The number of hydrogen-bond acceptors (Lipinski definition) is 6. The van der Waals surface area contributed by atoms with Crippen LogP contribution in [0.25, 0.3) is 10.9 Å². The second-order valence-corrected chi connectivity index (χ2v) is 9.07. The van der Waals surface area contributed by atoms with Gasteiger partial charge in [-0.15, -0.1) is 0 Å². The zero-order valence-corrected chi connectivity index (χ0v) is 17.8. The second-order valence-electron chi connectivity index (χ2n) is 6.92. The number of ether oxygens (including phenoxy) is 1. The molecule has 0 unspecified atom stereocenters. The highest BCUT2D eigenvalue weighted by Gasteiger charge is 2.24. The monoisotopic (exact) mass is 430 g/mol. The Morgan fingerprint density at radius 2 is 1.87 bits per heavy atom. The number of nitrogens with one attached hydrogen (secondary N) is 2. The third-order valence-corrected chi connectivity index (χ3v) is 6.37. The maximum absolute atomic E-state index is 12.6. The van der Waals surface area contributed by atoms with Gasteiger partial charge in [0.05, 0.1) is 10.4 Å². The van der Waals surface area contributed by atoms with Crippen molar-refractivity contribution in [3.05, 3.63) is 53.7 Å². The Hall–Kier alpha value is -3.24. The van der Waals surface area contributed by atoms with Crippen molar-refractivity contribution in [3.63, 3.8) is 0 Å². The average molecular weight is 430 g/mol. The van der Waals surface area contributed by atoms with Gasteiger partial charge in [0.15, 0.2) is 11.8 Å². The van der Waals surface area contributed by atoms with Crippen molar-refractivity contribution in [2.45, 2.75) is 24.8 Å². The quantitative estimate of drug-likeness (QED) is 0.579. The summed E-state index contributed by atoms with van der Waals surface area (Å²) in [5.74, 6) is -1.33. The molecule has 1 atom stereocenters. The minimum absolute atomic E-state index is 0.0426. The van der Waals surface area contributed by atoms with Crippen LogP contribution in [0.15, 0.2) is 47.4 Å². The van der Waals surface area contributed by atoms with Gasteiger partial charge in [-0.3, -0.25) is 9.89 Å². The summed E-state index contributed by atoms with van der Waals surface area (Å²) in [6.07, 6.45) is -1.12. The van der Waals surface area contributed by atoms with E-state index >= 15 is 0 Å². The van der Waals surface area contributed by atoms with E-state index in [9.17, 15) is 18.0 Å². The van der Waals surface area contributed by atoms with Crippen molar-refractivity contribution < 1.29 is 22.7 Å². The molecule has 1 aromatic heterocycles. The number of carbonyl (C=O) groups excluding carboxylic acids is 2. The predicted octanol–water partition coefficient (Wildman–Crippen LogP) is 2.31. The highest BCUT2D eigenvalue weighted by Crippen LogP contribution is 2.22. The molecule has 1 amide bonds. The number of sulfonamides is 1. The van der Waals surface area contributed by atoms with Crippen LogP contribution in [-0.2, 0) is 19.6 Å². The number of nitrogens with zero attached hydrogens (tertiary/aromatic N) is 2. The van der Waals surface area contributed by atoms with Crippen LogP contribution in [-0.4, -0.2) is 55.0 Å². The molecule has 0 aliphatic heterocycles. The smallest absolute Gasteiger partial charge is 0.360 e. The fourth-order valence-corrected chi connectivity index (χ4v) is 3.66. The van der Waals surface area contributed by atoms with Gasteiger partial charge >= 0.3 is 5.97 Å². The molecule has 9 nitrogen and oxygen atoms in total. The second kappa shape index (κ2) is 8.25. The minimum atomic E-state index is -3.66. The van der Waals surface area contributed by atoms with Gasteiger partial charge in [-0.2, -0.15) is 5.10 Å². The molecular weight excluding hydrogens is 408 g/mol. The van der Waals surface area contributed by atoms with Crippen LogP contribution in [0.3, 0.4) is 0 Å². The molecule has 0 aliphatic rings. The van der Waals surface area contributed by atoms with Crippen LogP contribution in [0.4, 0.5) is 5.69 Å². The molecule has 0 saturated carbocycles. The van der Waals surface area contributed by atoms with Crippen molar-refractivity contribution in [1.29, 1.82) is 0 Å². The van der Waals surface area contributed by atoms with E-state index in [-0.39, 0.29) is 10.6 Å². The first-order valence-corrected chi connectivity index (χ1v) is 10.5. The number of para-hydroxylation sites is 1. The molecule has 30 heavy (non-hydrogen) atoms. The largest absolute Gasteiger partial charge is 0.448 e. The van der Waals surface area contributed by atoms with Crippen molar-refractivity contribution in [1.82, 2.24) is 14.5 Å². The van der Waals surface area contributed by atoms with E-state index in [1.165, 1.54) is 33.2 Å². The Morgan fingerprint density at radius 1 is 1.17 bits per heavy atom. The van der Waals surface area contributed by atoms with Crippen LogP contribution >= 0.6 is 0 Å². The molecule has 0 saturated heterocycles. The maximum Gasteiger partial charge on any atom is 0.360 e. The predicted molar refractivity (Wildman–Crippen MR) is 112 cm³/mol. The molecular formula is C20H22N4O5S. The lowest BCUT2D eigenvalue weighted by atomic mass is 10.2. The van der Waals surface area contributed by atoms with Gasteiger partial charge in [0.2, 0.25) is 10.0 Å². The molecule has 2 aromatic carbocycles. The Balaban J connectivity index is 1.75. The lowest BCUT2D eigenvalue weighted by molar-refractivity contribution is -0.123. The number of esters is 1. The Labute approximate surface area is 174 Å². The fourth-order valence-electron chi connectivity index (χ4n) is 2.73. The van der Waals surface area contributed by atoms with Gasteiger partial charge in [-0.05, 0) is 37.6 Å². The van der Waals surface area contributed by atoms with Crippen molar-refractivity contribution in [3.8, 4) is 0 Å². The van der Waals surface area contributed by atoms with Crippen LogP contribution in [0.1, 0.15) is 23.0 Å². The summed E-state index contributed by atoms with van der Waals surface area (Å²) >= 11 is 0. The third kappa shape index (κ3) is 4.19. The summed E-state index contributed by atoms with van der Waals surface area (Å²) < 4.78 is 31.0. The molecule has 2 N–H and O–H groups in total. The van der Waals surface area contributed by atoms with Crippen LogP contribution < -0.4 is 5.32 Å². The molecule has 3 rings (SSSR count). The minimum Gasteiger partial charge on any atom is -0.448 e. The molecule has 0 radical (unpaired) electrons. The van der Waals surface area contributed by atoms with Gasteiger partial charge in [-0.1, -0.05) is 24.3 Å². The molecule has 0 fully saturated rings. The fraction of sp³-hybridized carbons (Fsp3) is 0.250. The summed E-state index contributed by atoms with van der Waals surface area (Å²) in [6.45, 7) is 3.16. The van der Waals surface area contributed by atoms with Crippen molar-refractivity contribution in [2.75, 3.05) is 19.4 Å².